The predicted molar refractivity (Wildman–Crippen MR) is 80.8 cm³/mol. The van der Waals surface area contributed by atoms with Gasteiger partial charge in [0.05, 0.1) is 0 Å². The van der Waals surface area contributed by atoms with E-state index in [1.54, 1.807) is 0 Å². The fraction of sp³-hybridized carbons (Fsp3) is 0.400. The van der Waals surface area contributed by atoms with Crippen LogP contribution >= 0.6 is 12.4 Å². The van der Waals surface area contributed by atoms with E-state index in [1.807, 2.05) is 0 Å². The van der Waals surface area contributed by atoms with Gasteiger partial charge in [0.1, 0.15) is 0 Å². The van der Waals surface area contributed by atoms with Gasteiger partial charge in [-0.25, -0.2) is 0 Å². The average Bonchev–Trinajstić information content (AvgIpc) is 2.38. The number of aryl methyl sites for hydroxylation is 1. The van der Waals surface area contributed by atoms with Gasteiger partial charge in [0.25, 0.3) is 0 Å². The van der Waals surface area contributed by atoms with Gasteiger partial charge in [0, 0.05) is 25.2 Å². The highest BCUT2D eigenvalue weighted by molar-refractivity contribution is 5.89. The summed E-state index contributed by atoms with van der Waals surface area (Å²) < 4.78 is 0. The Morgan fingerprint density at radius 1 is 1.33 bits per heavy atom. The Labute approximate surface area is 116 Å². The molecule has 0 heterocycles. The van der Waals surface area contributed by atoms with E-state index in [9.17, 15) is 4.79 Å². The number of halogens is 1. The van der Waals surface area contributed by atoms with Gasteiger partial charge in [-0.2, -0.15) is 0 Å². The second-order valence-electron chi connectivity index (χ2n) is 4.01. The second-order valence-corrected chi connectivity index (χ2v) is 4.01. The summed E-state index contributed by atoms with van der Waals surface area (Å²) in [6, 6.07) is 8.42. The molecule has 0 N–H and O–H groups in total. The zero-order valence-electron chi connectivity index (χ0n) is 11.2. The molecule has 0 spiro atoms. The van der Waals surface area contributed by atoms with Crippen LogP contribution in [0.3, 0.4) is 0 Å². The third kappa shape index (κ3) is 4.92. The van der Waals surface area contributed by atoms with Crippen molar-refractivity contribution in [1.82, 2.24) is 0 Å². The van der Waals surface area contributed by atoms with Crippen LogP contribution in [0.15, 0.2) is 36.9 Å². The molecule has 0 amide bonds. The van der Waals surface area contributed by atoms with Crippen molar-refractivity contribution in [2.75, 3.05) is 18.0 Å². The molecule has 100 valence electrons. The largest absolute Gasteiger partial charge is 0.372 e. The van der Waals surface area contributed by atoms with Gasteiger partial charge in [-0.05, 0) is 44.0 Å². The Morgan fingerprint density at radius 3 is 2.56 bits per heavy atom. The highest BCUT2D eigenvalue weighted by atomic mass is 35.5. The molecule has 2 nitrogen and oxygen atoms in total. The maximum atomic E-state index is 11.2. The molecule has 1 aromatic rings. The Hall–Kier alpha value is -1.28. The van der Waals surface area contributed by atoms with Crippen LogP contribution in [-0.4, -0.2) is 18.9 Å². The monoisotopic (exact) mass is 267 g/mol. The lowest BCUT2D eigenvalue weighted by Gasteiger charge is -2.21. The third-order valence-corrected chi connectivity index (χ3v) is 2.93. The molecule has 0 aliphatic heterocycles. The molecule has 18 heavy (non-hydrogen) atoms. The molecule has 0 bridgehead atoms. The fourth-order valence-corrected chi connectivity index (χ4v) is 1.87. The number of nitrogens with zero attached hydrogens (tertiary/aromatic N) is 1. The van der Waals surface area contributed by atoms with Crippen molar-refractivity contribution >= 4 is 23.9 Å². The van der Waals surface area contributed by atoms with Crippen LogP contribution in [0.4, 0.5) is 5.69 Å². The summed E-state index contributed by atoms with van der Waals surface area (Å²) in [5.74, 6) is 0.109. The molecule has 0 radical (unpaired) electrons. The summed E-state index contributed by atoms with van der Waals surface area (Å²) in [4.78, 5) is 13.5. The number of benzene rings is 1. The van der Waals surface area contributed by atoms with Crippen LogP contribution in [-0.2, 0) is 11.2 Å². The number of allylic oxidation sites excluding steroid dienone is 1. The summed E-state index contributed by atoms with van der Waals surface area (Å²) in [5, 5.41) is 0. The summed E-state index contributed by atoms with van der Waals surface area (Å²) in [5.41, 5.74) is 2.45. The van der Waals surface area contributed by atoms with Crippen molar-refractivity contribution in [2.24, 2.45) is 0 Å². The summed E-state index contributed by atoms with van der Waals surface area (Å²) >= 11 is 0. The Balaban J connectivity index is 0.00000289. The summed E-state index contributed by atoms with van der Waals surface area (Å²) in [6.45, 7) is 9.80. The first-order chi connectivity index (χ1) is 8.21. The number of carbonyl (C=O) groups is 1. The van der Waals surface area contributed by atoms with Crippen molar-refractivity contribution in [3.8, 4) is 0 Å². The van der Waals surface area contributed by atoms with Crippen molar-refractivity contribution in [1.29, 1.82) is 0 Å². The van der Waals surface area contributed by atoms with Crippen LogP contribution in [0, 0.1) is 0 Å². The number of hydrogen-bond acceptors (Lipinski definition) is 2. The number of anilines is 1. The SMILES string of the molecule is C=CC(=O)CCc1cccc(N(CC)CC)c1.Cl. The maximum Gasteiger partial charge on any atom is 0.155 e. The highest BCUT2D eigenvalue weighted by Crippen LogP contribution is 2.17. The van der Waals surface area contributed by atoms with Crippen LogP contribution in [0.5, 0.6) is 0 Å². The average molecular weight is 268 g/mol. The minimum absolute atomic E-state index is 0. The first-order valence-corrected chi connectivity index (χ1v) is 6.20. The zero-order valence-corrected chi connectivity index (χ0v) is 12.0. The Kier molecular flexibility index (Phi) is 8.14. The lowest BCUT2D eigenvalue weighted by atomic mass is 10.1. The predicted octanol–water partition coefficient (Wildman–Crippen LogP) is 3.64. The van der Waals surface area contributed by atoms with Gasteiger partial charge in [-0.3, -0.25) is 4.79 Å². The van der Waals surface area contributed by atoms with Crippen molar-refractivity contribution in [2.45, 2.75) is 26.7 Å². The van der Waals surface area contributed by atoms with E-state index in [1.165, 1.54) is 17.3 Å². The molecule has 1 aromatic carbocycles. The topological polar surface area (TPSA) is 20.3 Å². The highest BCUT2D eigenvalue weighted by Gasteiger charge is 2.03. The first kappa shape index (κ1) is 16.7. The van der Waals surface area contributed by atoms with Crippen LogP contribution in [0.2, 0.25) is 0 Å². The standard InChI is InChI=1S/C15H21NO.ClH/c1-4-15(17)11-10-13-8-7-9-14(12-13)16(5-2)6-3;/h4,7-9,12H,1,5-6,10-11H2,2-3H3;1H. The molecule has 3 heteroatoms. The summed E-state index contributed by atoms with van der Waals surface area (Å²) in [7, 11) is 0. The lowest BCUT2D eigenvalue weighted by Crippen LogP contribution is -2.21. The molecule has 1 rings (SSSR count). The quantitative estimate of drug-likeness (QED) is 0.703. The molecule has 0 fully saturated rings. The molecule has 0 aliphatic rings. The molecular weight excluding hydrogens is 246 g/mol. The van der Waals surface area contributed by atoms with Crippen LogP contribution < -0.4 is 4.90 Å². The minimum Gasteiger partial charge on any atom is -0.372 e. The second kappa shape index (κ2) is 8.76. The first-order valence-electron chi connectivity index (χ1n) is 6.20. The maximum absolute atomic E-state index is 11.2. The van der Waals surface area contributed by atoms with Crippen molar-refractivity contribution in [3.05, 3.63) is 42.5 Å². The van der Waals surface area contributed by atoms with E-state index in [0.29, 0.717) is 6.42 Å². The minimum atomic E-state index is 0. The normalized spacial score (nSPS) is 9.44. The van der Waals surface area contributed by atoms with Crippen molar-refractivity contribution < 1.29 is 4.79 Å². The van der Waals surface area contributed by atoms with Gasteiger partial charge in [0.15, 0.2) is 5.78 Å². The number of ketones is 1. The van der Waals surface area contributed by atoms with E-state index in [0.717, 1.165) is 19.5 Å². The molecular formula is C15H22ClNO. The number of carbonyl (C=O) groups excluding carboxylic acids is 1. The van der Waals surface area contributed by atoms with Crippen LogP contribution in [0.1, 0.15) is 25.8 Å². The lowest BCUT2D eigenvalue weighted by molar-refractivity contribution is -0.114. The molecule has 0 saturated carbocycles. The smallest absolute Gasteiger partial charge is 0.155 e. The van der Waals surface area contributed by atoms with E-state index in [4.69, 9.17) is 0 Å². The van der Waals surface area contributed by atoms with E-state index in [2.05, 4.69) is 49.6 Å². The van der Waals surface area contributed by atoms with Crippen LogP contribution in [0.25, 0.3) is 0 Å². The molecule has 0 atom stereocenters. The van der Waals surface area contributed by atoms with E-state index >= 15 is 0 Å². The Bertz CT molecular complexity index is 386. The van der Waals surface area contributed by atoms with E-state index in [-0.39, 0.29) is 18.2 Å². The third-order valence-electron chi connectivity index (χ3n) is 2.93. The zero-order chi connectivity index (χ0) is 12.7. The molecule has 0 aliphatic carbocycles. The van der Waals surface area contributed by atoms with Crippen molar-refractivity contribution in [3.63, 3.8) is 0 Å². The fourth-order valence-electron chi connectivity index (χ4n) is 1.87. The van der Waals surface area contributed by atoms with Gasteiger partial charge >= 0.3 is 0 Å². The number of hydrogen-bond donors (Lipinski definition) is 0. The number of rotatable bonds is 7. The van der Waals surface area contributed by atoms with Gasteiger partial charge < -0.3 is 4.90 Å². The summed E-state index contributed by atoms with van der Waals surface area (Å²) in [6.07, 6.45) is 2.74. The van der Waals surface area contributed by atoms with Gasteiger partial charge in [-0.1, -0.05) is 18.7 Å². The Morgan fingerprint density at radius 2 is 2.00 bits per heavy atom. The molecule has 0 unspecified atom stereocenters. The molecule has 0 saturated heterocycles. The van der Waals surface area contributed by atoms with Gasteiger partial charge in [0.2, 0.25) is 0 Å². The van der Waals surface area contributed by atoms with E-state index < -0.39 is 0 Å². The molecule has 0 aromatic heterocycles. The van der Waals surface area contributed by atoms with Gasteiger partial charge in [-0.15, -0.1) is 12.4 Å².